The molecule has 150 valence electrons. The minimum Gasteiger partial charge on any atom is -0.457 e. The zero-order chi connectivity index (χ0) is 19.8. The quantitative estimate of drug-likeness (QED) is 0.587. The smallest absolute Gasteiger partial charge is 0.191 e. The number of nitrogens with zero attached hydrogens (tertiary/aromatic N) is 2. The zero-order valence-corrected chi connectivity index (χ0v) is 17.2. The SMILES string of the molecule is CN=C(NCc1ccc(Oc2ccccc2)cc1)NC1CCN(C(C)C)CC1. The lowest BCUT2D eigenvalue weighted by Crippen LogP contribution is -2.49. The Kier molecular flexibility index (Phi) is 7.31. The fourth-order valence-electron chi connectivity index (χ4n) is 3.43. The molecule has 2 aromatic rings. The van der Waals surface area contributed by atoms with Gasteiger partial charge in [-0.15, -0.1) is 0 Å². The van der Waals surface area contributed by atoms with E-state index in [1.165, 1.54) is 5.56 Å². The lowest BCUT2D eigenvalue weighted by atomic mass is 10.0. The molecule has 0 aromatic heterocycles. The van der Waals surface area contributed by atoms with Crippen molar-refractivity contribution < 1.29 is 4.74 Å². The number of para-hydroxylation sites is 1. The van der Waals surface area contributed by atoms with Crippen molar-refractivity contribution in [3.63, 3.8) is 0 Å². The maximum atomic E-state index is 5.85. The van der Waals surface area contributed by atoms with Gasteiger partial charge in [0.25, 0.3) is 0 Å². The van der Waals surface area contributed by atoms with Gasteiger partial charge in [-0.2, -0.15) is 0 Å². The molecular formula is C23H32N4O. The number of hydrogen-bond donors (Lipinski definition) is 2. The second kappa shape index (κ2) is 10.1. The molecule has 5 nitrogen and oxygen atoms in total. The van der Waals surface area contributed by atoms with Crippen molar-refractivity contribution in [3.8, 4) is 11.5 Å². The average Bonchev–Trinajstić information content (AvgIpc) is 2.73. The van der Waals surface area contributed by atoms with E-state index in [-0.39, 0.29) is 0 Å². The van der Waals surface area contributed by atoms with Crippen molar-refractivity contribution in [2.75, 3.05) is 20.1 Å². The van der Waals surface area contributed by atoms with Crippen LogP contribution < -0.4 is 15.4 Å². The summed E-state index contributed by atoms with van der Waals surface area (Å²) in [7, 11) is 1.83. The topological polar surface area (TPSA) is 48.9 Å². The summed E-state index contributed by atoms with van der Waals surface area (Å²) >= 11 is 0. The molecule has 2 aromatic carbocycles. The Bertz CT molecular complexity index is 735. The van der Waals surface area contributed by atoms with Crippen LogP contribution in [0.1, 0.15) is 32.3 Å². The largest absolute Gasteiger partial charge is 0.457 e. The molecule has 5 heteroatoms. The molecule has 28 heavy (non-hydrogen) atoms. The van der Waals surface area contributed by atoms with Crippen LogP contribution in [-0.4, -0.2) is 43.1 Å². The van der Waals surface area contributed by atoms with Crippen LogP contribution >= 0.6 is 0 Å². The van der Waals surface area contributed by atoms with Crippen molar-refractivity contribution >= 4 is 5.96 Å². The van der Waals surface area contributed by atoms with Crippen LogP contribution in [0.25, 0.3) is 0 Å². The monoisotopic (exact) mass is 380 g/mol. The number of likely N-dealkylation sites (tertiary alicyclic amines) is 1. The highest BCUT2D eigenvalue weighted by atomic mass is 16.5. The van der Waals surface area contributed by atoms with E-state index in [4.69, 9.17) is 4.74 Å². The van der Waals surface area contributed by atoms with Gasteiger partial charge in [0.2, 0.25) is 0 Å². The van der Waals surface area contributed by atoms with E-state index in [0.29, 0.717) is 12.1 Å². The molecule has 0 aliphatic carbocycles. The molecular weight excluding hydrogens is 348 g/mol. The van der Waals surface area contributed by atoms with Gasteiger partial charge in [-0.25, -0.2) is 0 Å². The molecule has 0 unspecified atom stereocenters. The second-order valence-corrected chi connectivity index (χ2v) is 7.53. The van der Waals surface area contributed by atoms with Crippen LogP contribution in [0, 0.1) is 0 Å². The number of rotatable bonds is 6. The molecule has 2 N–H and O–H groups in total. The molecule has 1 heterocycles. The minimum absolute atomic E-state index is 0.489. The predicted octanol–water partition coefficient (Wildman–Crippen LogP) is 4.02. The van der Waals surface area contributed by atoms with E-state index in [2.05, 4.69) is 46.5 Å². The first-order valence-corrected chi connectivity index (χ1v) is 10.2. The van der Waals surface area contributed by atoms with E-state index in [9.17, 15) is 0 Å². The molecule has 1 fully saturated rings. The first-order chi connectivity index (χ1) is 13.6. The molecule has 1 aliphatic rings. The maximum Gasteiger partial charge on any atom is 0.191 e. The molecule has 1 aliphatic heterocycles. The van der Waals surface area contributed by atoms with Crippen molar-refractivity contribution in [2.24, 2.45) is 4.99 Å². The second-order valence-electron chi connectivity index (χ2n) is 7.53. The molecule has 0 saturated carbocycles. The van der Waals surface area contributed by atoms with Crippen LogP contribution in [0.2, 0.25) is 0 Å². The highest BCUT2D eigenvalue weighted by Gasteiger charge is 2.21. The van der Waals surface area contributed by atoms with Gasteiger partial charge in [0, 0.05) is 38.8 Å². The maximum absolute atomic E-state index is 5.85. The van der Waals surface area contributed by atoms with Crippen LogP contribution in [0.3, 0.4) is 0 Å². The van der Waals surface area contributed by atoms with Gasteiger partial charge in [-0.3, -0.25) is 4.99 Å². The number of ether oxygens (including phenoxy) is 1. The number of hydrogen-bond acceptors (Lipinski definition) is 3. The number of benzene rings is 2. The summed E-state index contributed by atoms with van der Waals surface area (Å²) in [5, 5.41) is 6.99. The van der Waals surface area contributed by atoms with Crippen molar-refractivity contribution in [1.29, 1.82) is 0 Å². The lowest BCUT2D eigenvalue weighted by molar-refractivity contribution is 0.167. The molecule has 0 radical (unpaired) electrons. The van der Waals surface area contributed by atoms with E-state index < -0.39 is 0 Å². The molecule has 3 rings (SSSR count). The van der Waals surface area contributed by atoms with Crippen molar-refractivity contribution in [3.05, 3.63) is 60.2 Å². The van der Waals surface area contributed by atoms with Crippen molar-refractivity contribution in [2.45, 2.75) is 45.3 Å². The number of aliphatic imine (C=N–C) groups is 1. The van der Waals surface area contributed by atoms with Gasteiger partial charge >= 0.3 is 0 Å². The Morgan fingerprint density at radius 2 is 1.68 bits per heavy atom. The first kappa shape index (κ1) is 20.2. The van der Waals surface area contributed by atoms with E-state index >= 15 is 0 Å². The number of guanidine groups is 1. The third-order valence-electron chi connectivity index (χ3n) is 5.19. The number of nitrogens with one attached hydrogen (secondary N) is 2. The third kappa shape index (κ3) is 5.99. The van der Waals surface area contributed by atoms with Crippen LogP contribution in [0.4, 0.5) is 0 Å². The first-order valence-electron chi connectivity index (χ1n) is 10.2. The summed E-state index contributed by atoms with van der Waals surface area (Å²) in [6.07, 6.45) is 2.31. The van der Waals surface area contributed by atoms with Crippen LogP contribution in [0.15, 0.2) is 59.6 Å². The Labute approximate surface area is 168 Å². The van der Waals surface area contributed by atoms with Crippen LogP contribution in [0.5, 0.6) is 11.5 Å². The zero-order valence-electron chi connectivity index (χ0n) is 17.2. The standard InChI is InChI=1S/C23H32N4O/c1-18(2)27-15-13-20(14-16-27)26-23(24-3)25-17-19-9-11-22(12-10-19)28-21-7-5-4-6-8-21/h4-12,18,20H,13-17H2,1-3H3,(H2,24,25,26). The number of piperidine rings is 1. The summed E-state index contributed by atoms with van der Waals surface area (Å²) in [6, 6.07) is 19.1. The van der Waals surface area contributed by atoms with Gasteiger partial charge in [0.15, 0.2) is 5.96 Å². The summed E-state index contributed by atoms with van der Waals surface area (Å²) in [4.78, 5) is 6.92. The van der Waals surface area contributed by atoms with Gasteiger partial charge in [-0.1, -0.05) is 30.3 Å². The average molecular weight is 381 g/mol. The van der Waals surface area contributed by atoms with E-state index in [1.54, 1.807) is 0 Å². The molecule has 0 amide bonds. The fourth-order valence-corrected chi connectivity index (χ4v) is 3.43. The van der Waals surface area contributed by atoms with E-state index in [1.807, 2.05) is 49.5 Å². The summed E-state index contributed by atoms with van der Waals surface area (Å²) < 4.78 is 5.85. The normalized spacial score (nSPS) is 16.2. The highest BCUT2D eigenvalue weighted by Crippen LogP contribution is 2.21. The Morgan fingerprint density at radius 3 is 2.29 bits per heavy atom. The minimum atomic E-state index is 0.489. The third-order valence-corrected chi connectivity index (χ3v) is 5.19. The predicted molar refractivity (Wildman–Crippen MR) is 116 cm³/mol. The van der Waals surface area contributed by atoms with Gasteiger partial charge in [-0.05, 0) is 56.5 Å². The fraction of sp³-hybridized carbons (Fsp3) is 0.435. The van der Waals surface area contributed by atoms with Crippen molar-refractivity contribution in [1.82, 2.24) is 15.5 Å². The Balaban J connectivity index is 1.45. The Hall–Kier alpha value is -2.53. The molecule has 0 spiro atoms. The van der Waals surface area contributed by atoms with Gasteiger partial charge in [0.05, 0.1) is 0 Å². The molecule has 0 bridgehead atoms. The van der Waals surface area contributed by atoms with Gasteiger partial charge in [0.1, 0.15) is 11.5 Å². The van der Waals surface area contributed by atoms with E-state index in [0.717, 1.165) is 49.9 Å². The summed E-state index contributed by atoms with van der Waals surface area (Å²) in [5.74, 6) is 2.56. The Morgan fingerprint density at radius 1 is 1.04 bits per heavy atom. The van der Waals surface area contributed by atoms with Crippen LogP contribution in [-0.2, 0) is 6.54 Å². The molecule has 1 saturated heterocycles. The van der Waals surface area contributed by atoms with Gasteiger partial charge < -0.3 is 20.3 Å². The highest BCUT2D eigenvalue weighted by molar-refractivity contribution is 5.79. The lowest BCUT2D eigenvalue weighted by Gasteiger charge is -2.35. The summed E-state index contributed by atoms with van der Waals surface area (Å²) in [6.45, 7) is 7.56. The summed E-state index contributed by atoms with van der Waals surface area (Å²) in [5.41, 5.74) is 1.19. The molecule has 0 atom stereocenters.